The van der Waals surface area contributed by atoms with Crippen LogP contribution in [-0.2, 0) is 0 Å². The highest BCUT2D eigenvalue weighted by Crippen LogP contribution is 2.16. The maximum absolute atomic E-state index is 4.09. The van der Waals surface area contributed by atoms with Gasteiger partial charge in [0.1, 0.15) is 5.82 Å². The van der Waals surface area contributed by atoms with Crippen molar-refractivity contribution in [2.24, 2.45) is 0 Å². The summed E-state index contributed by atoms with van der Waals surface area (Å²) in [5.41, 5.74) is 2.22. The molecule has 0 aliphatic rings. The third-order valence-corrected chi connectivity index (χ3v) is 2.34. The Hall–Kier alpha value is -1.97. The van der Waals surface area contributed by atoms with Gasteiger partial charge in [0.25, 0.3) is 0 Å². The summed E-state index contributed by atoms with van der Waals surface area (Å²) in [7, 11) is 0. The average molecular weight is 214 g/mol. The second-order valence-corrected chi connectivity index (χ2v) is 3.77. The van der Waals surface area contributed by atoms with Crippen LogP contribution in [0.5, 0.6) is 0 Å². The molecule has 4 nitrogen and oxygen atoms in total. The highest BCUT2D eigenvalue weighted by molar-refractivity contribution is 5.38. The van der Waals surface area contributed by atoms with Crippen molar-refractivity contribution >= 4 is 5.82 Å². The Balaban J connectivity index is 2.11. The summed E-state index contributed by atoms with van der Waals surface area (Å²) in [6.45, 7) is 4.07. The van der Waals surface area contributed by atoms with Crippen LogP contribution in [0.4, 0.5) is 5.82 Å². The molecule has 2 rings (SSSR count). The second kappa shape index (κ2) is 4.70. The van der Waals surface area contributed by atoms with Gasteiger partial charge in [-0.15, -0.1) is 5.10 Å². The van der Waals surface area contributed by atoms with Crippen molar-refractivity contribution in [3.63, 3.8) is 0 Å². The minimum Gasteiger partial charge on any atom is -0.362 e. The van der Waals surface area contributed by atoms with Gasteiger partial charge in [0.2, 0.25) is 0 Å². The van der Waals surface area contributed by atoms with Crippen LogP contribution in [0.25, 0.3) is 0 Å². The lowest BCUT2D eigenvalue weighted by atomic mass is 10.1. The molecule has 0 aliphatic carbocycles. The Morgan fingerprint density at radius 1 is 1.31 bits per heavy atom. The van der Waals surface area contributed by atoms with Crippen LogP contribution in [0, 0.1) is 6.92 Å². The Bertz CT molecular complexity index is 456. The van der Waals surface area contributed by atoms with Crippen LogP contribution in [-0.4, -0.2) is 15.2 Å². The van der Waals surface area contributed by atoms with E-state index >= 15 is 0 Å². The molecule has 0 saturated carbocycles. The molecule has 1 N–H and O–H groups in total. The number of nitrogens with zero attached hydrogens (tertiary/aromatic N) is 3. The molecule has 0 bridgehead atoms. The van der Waals surface area contributed by atoms with E-state index in [2.05, 4.69) is 27.4 Å². The normalized spacial score (nSPS) is 12.1. The molecule has 1 unspecified atom stereocenters. The standard InChI is InChI=1S/C12H14N4/c1-9-6-12(16-14-7-9)15-10(2)11-4-3-5-13-8-11/h3-8,10H,1-2H3,(H,15,16). The number of hydrogen-bond acceptors (Lipinski definition) is 4. The summed E-state index contributed by atoms with van der Waals surface area (Å²) in [6, 6.07) is 6.10. The number of aromatic nitrogens is 3. The van der Waals surface area contributed by atoms with Crippen molar-refractivity contribution in [3.8, 4) is 0 Å². The van der Waals surface area contributed by atoms with Crippen molar-refractivity contribution in [1.82, 2.24) is 15.2 Å². The van der Waals surface area contributed by atoms with E-state index in [1.54, 1.807) is 12.4 Å². The molecular formula is C12H14N4. The maximum Gasteiger partial charge on any atom is 0.149 e. The van der Waals surface area contributed by atoms with Crippen molar-refractivity contribution in [2.75, 3.05) is 5.32 Å². The van der Waals surface area contributed by atoms with E-state index < -0.39 is 0 Å². The summed E-state index contributed by atoms with van der Waals surface area (Å²) in [5.74, 6) is 0.788. The fourth-order valence-electron chi connectivity index (χ4n) is 1.47. The lowest BCUT2D eigenvalue weighted by Gasteiger charge is -2.13. The minimum atomic E-state index is 0.171. The minimum absolute atomic E-state index is 0.171. The van der Waals surface area contributed by atoms with Gasteiger partial charge in [0.05, 0.1) is 12.2 Å². The maximum atomic E-state index is 4.09. The Morgan fingerprint density at radius 3 is 2.88 bits per heavy atom. The van der Waals surface area contributed by atoms with Gasteiger partial charge in [0, 0.05) is 12.4 Å². The van der Waals surface area contributed by atoms with E-state index in [9.17, 15) is 0 Å². The molecule has 2 heterocycles. The SMILES string of the molecule is Cc1cnnc(NC(C)c2cccnc2)c1. The predicted octanol–water partition coefficient (Wildman–Crippen LogP) is 2.35. The number of nitrogens with one attached hydrogen (secondary N) is 1. The number of rotatable bonds is 3. The summed E-state index contributed by atoms with van der Waals surface area (Å²) in [6.07, 6.45) is 5.35. The fourth-order valence-corrected chi connectivity index (χ4v) is 1.47. The van der Waals surface area contributed by atoms with Crippen molar-refractivity contribution in [1.29, 1.82) is 0 Å². The molecule has 82 valence electrons. The summed E-state index contributed by atoms with van der Waals surface area (Å²) >= 11 is 0. The average Bonchev–Trinajstić information content (AvgIpc) is 2.30. The van der Waals surface area contributed by atoms with Crippen molar-refractivity contribution < 1.29 is 0 Å². The van der Waals surface area contributed by atoms with E-state index in [4.69, 9.17) is 0 Å². The molecule has 0 amide bonds. The molecule has 1 atom stereocenters. The van der Waals surface area contributed by atoms with Crippen LogP contribution >= 0.6 is 0 Å². The molecular weight excluding hydrogens is 200 g/mol. The fraction of sp³-hybridized carbons (Fsp3) is 0.250. The van der Waals surface area contributed by atoms with E-state index in [1.165, 1.54) is 0 Å². The second-order valence-electron chi connectivity index (χ2n) is 3.77. The van der Waals surface area contributed by atoms with Crippen molar-refractivity contribution in [2.45, 2.75) is 19.9 Å². The first-order chi connectivity index (χ1) is 7.75. The van der Waals surface area contributed by atoms with Crippen LogP contribution in [0.3, 0.4) is 0 Å². The van der Waals surface area contributed by atoms with E-state index in [0.717, 1.165) is 16.9 Å². The number of hydrogen-bond donors (Lipinski definition) is 1. The zero-order valence-electron chi connectivity index (χ0n) is 9.38. The van der Waals surface area contributed by atoms with Crippen LogP contribution < -0.4 is 5.32 Å². The number of aryl methyl sites for hydroxylation is 1. The molecule has 0 radical (unpaired) electrons. The lowest BCUT2D eigenvalue weighted by Crippen LogP contribution is -2.08. The smallest absolute Gasteiger partial charge is 0.149 e. The van der Waals surface area contributed by atoms with Gasteiger partial charge < -0.3 is 5.32 Å². The van der Waals surface area contributed by atoms with Gasteiger partial charge in [-0.05, 0) is 37.1 Å². The molecule has 2 aromatic heterocycles. The van der Waals surface area contributed by atoms with E-state index in [1.807, 2.05) is 31.3 Å². The molecule has 16 heavy (non-hydrogen) atoms. The quantitative estimate of drug-likeness (QED) is 0.852. The zero-order chi connectivity index (χ0) is 11.4. The van der Waals surface area contributed by atoms with Crippen LogP contribution in [0.2, 0.25) is 0 Å². The van der Waals surface area contributed by atoms with Gasteiger partial charge in [0.15, 0.2) is 0 Å². The first kappa shape index (κ1) is 10.5. The van der Waals surface area contributed by atoms with E-state index in [0.29, 0.717) is 0 Å². The van der Waals surface area contributed by atoms with Gasteiger partial charge in [-0.25, -0.2) is 0 Å². The number of anilines is 1. The lowest BCUT2D eigenvalue weighted by molar-refractivity contribution is 0.852. The zero-order valence-corrected chi connectivity index (χ0v) is 9.38. The Morgan fingerprint density at radius 2 is 2.19 bits per heavy atom. The third kappa shape index (κ3) is 2.53. The Kier molecular flexibility index (Phi) is 3.10. The predicted molar refractivity (Wildman–Crippen MR) is 63.0 cm³/mol. The van der Waals surface area contributed by atoms with Crippen molar-refractivity contribution in [3.05, 3.63) is 47.9 Å². The largest absolute Gasteiger partial charge is 0.362 e. The van der Waals surface area contributed by atoms with Gasteiger partial charge in [-0.3, -0.25) is 4.98 Å². The monoisotopic (exact) mass is 214 g/mol. The first-order valence-electron chi connectivity index (χ1n) is 5.21. The molecule has 0 spiro atoms. The molecule has 4 heteroatoms. The molecule has 0 fully saturated rings. The number of pyridine rings is 1. The molecule has 2 aromatic rings. The first-order valence-corrected chi connectivity index (χ1v) is 5.21. The Labute approximate surface area is 94.8 Å². The molecule has 0 aliphatic heterocycles. The van der Waals surface area contributed by atoms with Gasteiger partial charge >= 0.3 is 0 Å². The van der Waals surface area contributed by atoms with E-state index in [-0.39, 0.29) is 6.04 Å². The summed E-state index contributed by atoms with van der Waals surface area (Å²) in [4.78, 5) is 4.09. The highest BCUT2D eigenvalue weighted by Gasteiger charge is 2.05. The topological polar surface area (TPSA) is 50.7 Å². The molecule has 0 aromatic carbocycles. The summed E-state index contributed by atoms with van der Waals surface area (Å²) < 4.78 is 0. The summed E-state index contributed by atoms with van der Waals surface area (Å²) in [5, 5.41) is 11.2. The third-order valence-electron chi connectivity index (χ3n) is 2.34. The van der Waals surface area contributed by atoms with Crippen LogP contribution in [0.15, 0.2) is 36.8 Å². The van der Waals surface area contributed by atoms with Crippen LogP contribution in [0.1, 0.15) is 24.1 Å². The van der Waals surface area contributed by atoms with Gasteiger partial charge in [-0.2, -0.15) is 5.10 Å². The highest BCUT2D eigenvalue weighted by atomic mass is 15.2. The van der Waals surface area contributed by atoms with Gasteiger partial charge in [-0.1, -0.05) is 6.07 Å². The molecule has 0 saturated heterocycles.